The summed E-state index contributed by atoms with van der Waals surface area (Å²) in [4.78, 5) is 28.2. The van der Waals surface area contributed by atoms with E-state index in [1.54, 1.807) is 28.0 Å². The Bertz CT molecular complexity index is 794. The van der Waals surface area contributed by atoms with Crippen molar-refractivity contribution in [1.82, 2.24) is 9.80 Å². The second-order valence-electron chi connectivity index (χ2n) is 7.03. The Hall–Kier alpha value is -2.69. The molecule has 3 rings (SSSR count). The largest absolute Gasteiger partial charge is 0.337 e. The monoisotopic (exact) mass is 368 g/mol. The van der Waals surface area contributed by atoms with Gasteiger partial charge in [-0.3, -0.25) is 9.59 Å². The van der Waals surface area contributed by atoms with Crippen LogP contribution < -0.4 is 0 Å². The van der Waals surface area contributed by atoms with Crippen molar-refractivity contribution < 1.29 is 14.0 Å². The summed E-state index contributed by atoms with van der Waals surface area (Å²) >= 11 is 0. The summed E-state index contributed by atoms with van der Waals surface area (Å²) in [7, 11) is 0. The highest BCUT2D eigenvalue weighted by molar-refractivity contribution is 5.86. The van der Waals surface area contributed by atoms with E-state index in [-0.39, 0.29) is 36.6 Å². The summed E-state index contributed by atoms with van der Waals surface area (Å²) in [5.41, 5.74) is 1.70. The first-order valence-electron chi connectivity index (χ1n) is 9.39. The minimum absolute atomic E-state index is 0.0197. The smallest absolute Gasteiger partial charge is 0.242 e. The Morgan fingerprint density at radius 3 is 2.56 bits per heavy atom. The summed E-state index contributed by atoms with van der Waals surface area (Å²) in [6.45, 7) is 3.21. The molecule has 0 radical (unpaired) electrons. The number of benzene rings is 2. The minimum atomic E-state index is -0.316. The first kappa shape index (κ1) is 19.1. The molecule has 1 unspecified atom stereocenters. The standard InChI is InChI=1S/C22H25FN2O2/c1-2-24(15-19-10-6-7-11-20(19)23)22(27)16-25-14-18(13-21(25)26)12-17-8-4-3-5-9-17/h3-11,18H,2,12-16H2,1H3. The number of likely N-dealkylation sites (N-methyl/N-ethyl adjacent to an activating group) is 1. The fraction of sp³-hybridized carbons (Fsp3) is 0.364. The van der Waals surface area contributed by atoms with E-state index in [1.165, 1.54) is 11.6 Å². The third kappa shape index (κ3) is 4.94. The molecule has 1 fully saturated rings. The van der Waals surface area contributed by atoms with Crippen molar-refractivity contribution in [1.29, 1.82) is 0 Å². The van der Waals surface area contributed by atoms with Crippen molar-refractivity contribution in [2.45, 2.75) is 26.3 Å². The zero-order chi connectivity index (χ0) is 19.2. The van der Waals surface area contributed by atoms with Crippen LogP contribution in [0.2, 0.25) is 0 Å². The van der Waals surface area contributed by atoms with Gasteiger partial charge in [-0.25, -0.2) is 4.39 Å². The Balaban J connectivity index is 1.57. The number of hydrogen-bond donors (Lipinski definition) is 0. The van der Waals surface area contributed by atoms with Crippen molar-refractivity contribution >= 4 is 11.8 Å². The van der Waals surface area contributed by atoms with Gasteiger partial charge in [0.05, 0.1) is 6.54 Å². The summed E-state index contributed by atoms with van der Waals surface area (Å²) in [5.74, 6) is -0.209. The lowest BCUT2D eigenvalue weighted by atomic mass is 9.99. The molecule has 0 saturated carbocycles. The van der Waals surface area contributed by atoms with Crippen LogP contribution in [0.4, 0.5) is 4.39 Å². The Morgan fingerprint density at radius 1 is 1.15 bits per heavy atom. The van der Waals surface area contributed by atoms with E-state index in [4.69, 9.17) is 0 Å². The molecule has 0 spiro atoms. The van der Waals surface area contributed by atoms with Crippen LogP contribution >= 0.6 is 0 Å². The quantitative estimate of drug-likeness (QED) is 0.753. The normalized spacial score (nSPS) is 16.6. The highest BCUT2D eigenvalue weighted by Gasteiger charge is 2.31. The van der Waals surface area contributed by atoms with Gasteiger partial charge in [0.1, 0.15) is 5.82 Å². The Labute approximate surface area is 159 Å². The summed E-state index contributed by atoms with van der Waals surface area (Å²) in [6, 6.07) is 16.6. The molecule has 4 nitrogen and oxygen atoms in total. The van der Waals surface area contributed by atoms with Crippen LogP contribution in [0.3, 0.4) is 0 Å². The number of nitrogens with zero attached hydrogens (tertiary/aromatic N) is 2. The van der Waals surface area contributed by atoms with Crippen molar-refractivity contribution in [2.75, 3.05) is 19.6 Å². The molecule has 2 amide bonds. The van der Waals surface area contributed by atoms with E-state index in [0.717, 1.165) is 6.42 Å². The molecular formula is C22H25FN2O2. The first-order valence-corrected chi connectivity index (χ1v) is 9.39. The topological polar surface area (TPSA) is 40.6 Å². The minimum Gasteiger partial charge on any atom is -0.337 e. The lowest BCUT2D eigenvalue weighted by molar-refractivity contribution is -0.138. The van der Waals surface area contributed by atoms with Crippen LogP contribution in [0.15, 0.2) is 54.6 Å². The van der Waals surface area contributed by atoms with Crippen LogP contribution in [0.5, 0.6) is 0 Å². The van der Waals surface area contributed by atoms with Crippen LogP contribution in [-0.4, -0.2) is 41.2 Å². The van der Waals surface area contributed by atoms with Crippen molar-refractivity contribution in [3.63, 3.8) is 0 Å². The number of likely N-dealkylation sites (tertiary alicyclic amines) is 1. The molecule has 1 atom stereocenters. The van der Waals surface area contributed by atoms with Crippen LogP contribution in [0, 0.1) is 11.7 Å². The number of carbonyl (C=O) groups excluding carboxylic acids is 2. The van der Waals surface area contributed by atoms with Gasteiger partial charge in [0.25, 0.3) is 0 Å². The van der Waals surface area contributed by atoms with E-state index in [0.29, 0.717) is 25.1 Å². The van der Waals surface area contributed by atoms with Gasteiger partial charge < -0.3 is 9.80 Å². The third-order valence-electron chi connectivity index (χ3n) is 5.04. The number of carbonyl (C=O) groups is 2. The van der Waals surface area contributed by atoms with Crippen molar-refractivity contribution in [3.05, 3.63) is 71.5 Å². The van der Waals surface area contributed by atoms with Gasteiger partial charge in [-0.15, -0.1) is 0 Å². The molecule has 1 saturated heterocycles. The van der Waals surface area contributed by atoms with E-state index >= 15 is 0 Å². The average molecular weight is 368 g/mol. The number of hydrogen-bond acceptors (Lipinski definition) is 2. The highest BCUT2D eigenvalue weighted by atomic mass is 19.1. The lowest BCUT2D eigenvalue weighted by Gasteiger charge is -2.24. The maximum Gasteiger partial charge on any atom is 0.242 e. The fourth-order valence-electron chi connectivity index (χ4n) is 3.56. The third-order valence-corrected chi connectivity index (χ3v) is 5.04. The van der Waals surface area contributed by atoms with Crippen molar-refractivity contribution in [2.24, 2.45) is 5.92 Å². The van der Waals surface area contributed by atoms with Crippen LogP contribution in [0.25, 0.3) is 0 Å². The summed E-state index contributed by atoms with van der Waals surface area (Å²) in [5, 5.41) is 0. The van der Waals surface area contributed by atoms with Gasteiger partial charge in [-0.2, -0.15) is 0 Å². The molecule has 0 aliphatic carbocycles. The van der Waals surface area contributed by atoms with E-state index in [9.17, 15) is 14.0 Å². The molecule has 1 aliphatic heterocycles. The molecule has 142 valence electrons. The number of rotatable bonds is 7. The molecule has 1 aliphatic rings. The summed E-state index contributed by atoms with van der Waals surface area (Å²) in [6.07, 6.45) is 1.31. The second-order valence-corrected chi connectivity index (χ2v) is 7.03. The Morgan fingerprint density at radius 2 is 1.85 bits per heavy atom. The van der Waals surface area contributed by atoms with Gasteiger partial charge in [0.2, 0.25) is 11.8 Å². The SMILES string of the molecule is CCN(Cc1ccccc1F)C(=O)CN1CC(Cc2ccccc2)CC1=O. The maximum atomic E-state index is 13.9. The highest BCUT2D eigenvalue weighted by Crippen LogP contribution is 2.22. The molecule has 1 heterocycles. The molecule has 2 aromatic carbocycles. The van der Waals surface area contributed by atoms with Gasteiger partial charge in [0, 0.05) is 31.6 Å². The second kappa shape index (κ2) is 8.80. The fourth-order valence-corrected chi connectivity index (χ4v) is 3.56. The zero-order valence-corrected chi connectivity index (χ0v) is 15.6. The molecular weight excluding hydrogens is 343 g/mol. The maximum absolute atomic E-state index is 13.9. The van der Waals surface area contributed by atoms with Gasteiger partial charge in [0.15, 0.2) is 0 Å². The van der Waals surface area contributed by atoms with Gasteiger partial charge in [-0.1, -0.05) is 48.5 Å². The first-order chi connectivity index (χ1) is 13.1. The molecule has 2 aromatic rings. The van der Waals surface area contributed by atoms with E-state index in [2.05, 4.69) is 12.1 Å². The van der Waals surface area contributed by atoms with Gasteiger partial charge >= 0.3 is 0 Å². The molecule has 0 N–H and O–H groups in total. The van der Waals surface area contributed by atoms with Crippen LogP contribution in [0.1, 0.15) is 24.5 Å². The zero-order valence-electron chi connectivity index (χ0n) is 15.6. The Kier molecular flexibility index (Phi) is 6.22. The van der Waals surface area contributed by atoms with E-state index < -0.39 is 0 Å². The average Bonchev–Trinajstić information content (AvgIpc) is 3.00. The molecule has 0 aromatic heterocycles. The predicted octanol–water partition coefficient (Wildman–Crippen LogP) is 3.27. The predicted molar refractivity (Wildman–Crippen MR) is 102 cm³/mol. The summed E-state index contributed by atoms with van der Waals surface area (Å²) < 4.78 is 13.9. The number of halogens is 1. The van der Waals surface area contributed by atoms with Gasteiger partial charge in [-0.05, 0) is 30.9 Å². The van der Waals surface area contributed by atoms with Crippen molar-refractivity contribution in [3.8, 4) is 0 Å². The molecule has 5 heteroatoms. The molecule has 27 heavy (non-hydrogen) atoms. The van der Waals surface area contributed by atoms with E-state index in [1.807, 2.05) is 25.1 Å². The lowest BCUT2D eigenvalue weighted by Crippen LogP contribution is -2.40. The number of amides is 2. The van der Waals surface area contributed by atoms with Crippen LogP contribution in [-0.2, 0) is 22.6 Å². The molecule has 0 bridgehead atoms.